The zero-order valence-electron chi connectivity index (χ0n) is 11.4. The van der Waals surface area contributed by atoms with E-state index in [4.69, 9.17) is 0 Å². The third-order valence-electron chi connectivity index (χ3n) is 3.37. The summed E-state index contributed by atoms with van der Waals surface area (Å²) in [5.74, 6) is 0. The molecule has 4 heteroatoms. The molecule has 0 radical (unpaired) electrons. The minimum Gasteiger partial charge on any atom is -0.310 e. The van der Waals surface area contributed by atoms with E-state index in [2.05, 4.69) is 46.5 Å². The Balaban J connectivity index is 2.00. The van der Waals surface area contributed by atoms with Crippen molar-refractivity contribution in [1.29, 1.82) is 0 Å². The van der Waals surface area contributed by atoms with Gasteiger partial charge in [0.2, 0.25) is 0 Å². The predicted octanol–water partition coefficient (Wildman–Crippen LogP) is 3.58. The Bertz CT molecular complexity index is 674. The predicted molar refractivity (Wildman–Crippen MR) is 84.0 cm³/mol. The fraction of sp³-hybridized carbons (Fsp3) is 0.250. The molecule has 2 heterocycles. The van der Waals surface area contributed by atoms with Crippen LogP contribution in [0.4, 0.5) is 0 Å². The van der Waals surface area contributed by atoms with E-state index in [0.717, 1.165) is 23.5 Å². The van der Waals surface area contributed by atoms with Crippen molar-refractivity contribution in [3.05, 3.63) is 58.7 Å². The molecular weight excluding hydrogens is 266 g/mol. The summed E-state index contributed by atoms with van der Waals surface area (Å²) in [5, 5.41) is 7.98. The number of hydrogen-bond donors (Lipinski definition) is 1. The second kappa shape index (κ2) is 6.11. The molecule has 0 aliphatic carbocycles. The molecule has 3 aromatic rings. The Kier molecular flexibility index (Phi) is 4.04. The van der Waals surface area contributed by atoms with Crippen molar-refractivity contribution >= 4 is 22.2 Å². The molecule has 1 unspecified atom stereocenters. The van der Waals surface area contributed by atoms with E-state index in [1.807, 2.05) is 23.8 Å². The molecule has 20 heavy (non-hydrogen) atoms. The van der Waals surface area contributed by atoms with Gasteiger partial charge in [-0.05, 0) is 24.2 Å². The van der Waals surface area contributed by atoms with Crippen LogP contribution in [0.2, 0.25) is 0 Å². The van der Waals surface area contributed by atoms with Crippen molar-refractivity contribution in [3.63, 3.8) is 0 Å². The number of hydrogen-bond acceptors (Lipinski definition) is 4. The molecule has 1 atom stereocenters. The fourth-order valence-electron chi connectivity index (χ4n) is 2.49. The van der Waals surface area contributed by atoms with Gasteiger partial charge < -0.3 is 5.32 Å². The van der Waals surface area contributed by atoms with Crippen LogP contribution in [0.1, 0.15) is 23.5 Å². The third-order valence-corrected chi connectivity index (χ3v) is 4.17. The molecule has 1 N–H and O–H groups in total. The first kappa shape index (κ1) is 13.2. The number of para-hydroxylation sites is 1. The normalized spacial score (nSPS) is 12.7. The Morgan fingerprint density at radius 1 is 1.15 bits per heavy atom. The maximum atomic E-state index is 4.44. The summed E-state index contributed by atoms with van der Waals surface area (Å²) in [7, 11) is 0. The quantitative estimate of drug-likeness (QED) is 0.777. The fourth-order valence-corrected chi connectivity index (χ4v) is 3.15. The van der Waals surface area contributed by atoms with Crippen molar-refractivity contribution < 1.29 is 0 Å². The van der Waals surface area contributed by atoms with Crippen LogP contribution in [-0.4, -0.2) is 16.5 Å². The van der Waals surface area contributed by atoms with Crippen LogP contribution < -0.4 is 5.32 Å². The van der Waals surface area contributed by atoms with Gasteiger partial charge in [-0.25, -0.2) is 4.98 Å². The standard InChI is InChI=1S/C16H17N3S/c1-2-17-15(11-16-19-9-10-20-16)13-7-8-18-14-6-4-3-5-12(13)14/h3-10,15,17H,2,11H2,1H3. The van der Waals surface area contributed by atoms with Crippen molar-refractivity contribution in [2.24, 2.45) is 0 Å². The number of nitrogens with one attached hydrogen (secondary N) is 1. The van der Waals surface area contributed by atoms with Gasteiger partial charge in [-0.15, -0.1) is 11.3 Å². The zero-order valence-corrected chi connectivity index (χ0v) is 12.2. The summed E-state index contributed by atoms with van der Waals surface area (Å²) in [6.45, 7) is 3.07. The minimum absolute atomic E-state index is 0.277. The summed E-state index contributed by atoms with van der Waals surface area (Å²) in [5.41, 5.74) is 2.35. The largest absolute Gasteiger partial charge is 0.310 e. The molecule has 0 saturated carbocycles. The van der Waals surface area contributed by atoms with Crippen LogP contribution in [0, 0.1) is 0 Å². The second-order valence-electron chi connectivity index (χ2n) is 4.66. The monoisotopic (exact) mass is 283 g/mol. The molecule has 0 amide bonds. The van der Waals surface area contributed by atoms with Gasteiger partial charge >= 0.3 is 0 Å². The van der Waals surface area contributed by atoms with Crippen LogP contribution in [0.3, 0.4) is 0 Å². The van der Waals surface area contributed by atoms with Gasteiger partial charge in [-0.3, -0.25) is 4.98 Å². The highest BCUT2D eigenvalue weighted by atomic mass is 32.1. The minimum atomic E-state index is 0.277. The van der Waals surface area contributed by atoms with Gasteiger partial charge in [0.25, 0.3) is 0 Å². The first-order chi connectivity index (χ1) is 9.88. The first-order valence-electron chi connectivity index (χ1n) is 6.84. The van der Waals surface area contributed by atoms with E-state index in [0.29, 0.717) is 0 Å². The van der Waals surface area contributed by atoms with Gasteiger partial charge in [0, 0.05) is 35.6 Å². The lowest BCUT2D eigenvalue weighted by atomic mass is 10.00. The SMILES string of the molecule is CCNC(Cc1nccs1)c1ccnc2ccccc12. The Morgan fingerprint density at radius 2 is 2.05 bits per heavy atom. The molecular formula is C16H17N3S. The molecule has 3 nitrogen and oxygen atoms in total. The summed E-state index contributed by atoms with van der Waals surface area (Å²) in [4.78, 5) is 8.85. The van der Waals surface area contributed by atoms with Crippen LogP contribution in [0.15, 0.2) is 48.1 Å². The van der Waals surface area contributed by atoms with Gasteiger partial charge in [0.15, 0.2) is 0 Å². The molecule has 0 saturated heterocycles. The number of likely N-dealkylation sites (N-methyl/N-ethyl adjacent to an activating group) is 1. The molecule has 102 valence electrons. The molecule has 0 spiro atoms. The highest BCUT2D eigenvalue weighted by Gasteiger charge is 2.15. The highest BCUT2D eigenvalue weighted by Crippen LogP contribution is 2.26. The number of aromatic nitrogens is 2. The topological polar surface area (TPSA) is 37.8 Å². The lowest BCUT2D eigenvalue weighted by Gasteiger charge is -2.19. The lowest BCUT2D eigenvalue weighted by molar-refractivity contribution is 0.552. The number of nitrogens with zero attached hydrogens (tertiary/aromatic N) is 2. The Morgan fingerprint density at radius 3 is 2.85 bits per heavy atom. The average Bonchev–Trinajstić information content (AvgIpc) is 2.99. The smallest absolute Gasteiger partial charge is 0.0943 e. The number of pyridine rings is 1. The van der Waals surface area contributed by atoms with E-state index in [-0.39, 0.29) is 6.04 Å². The average molecular weight is 283 g/mol. The highest BCUT2D eigenvalue weighted by molar-refractivity contribution is 7.09. The number of fused-ring (bicyclic) bond motifs is 1. The van der Waals surface area contributed by atoms with Gasteiger partial charge in [-0.2, -0.15) is 0 Å². The van der Waals surface area contributed by atoms with E-state index in [1.54, 1.807) is 11.3 Å². The van der Waals surface area contributed by atoms with E-state index in [9.17, 15) is 0 Å². The number of rotatable bonds is 5. The second-order valence-corrected chi connectivity index (χ2v) is 5.64. The summed E-state index contributed by atoms with van der Waals surface area (Å²) in [6, 6.07) is 10.7. The van der Waals surface area contributed by atoms with E-state index in [1.165, 1.54) is 10.9 Å². The zero-order chi connectivity index (χ0) is 13.8. The van der Waals surface area contributed by atoms with E-state index >= 15 is 0 Å². The van der Waals surface area contributed by atoms with E-state index < -0.39 is 0 Å². The molecule has 0 fully saturated rings. The van der Waals surface area contributed by atoms with Crippen LogP contribution in [0.5, 0.6) is 0 Å². The van der Waals surface area contributed by atoms with Crippen molar-refractivity contribution in [1.82, 2.24) is 15.3 Å². The van der Waals surface area contributed by atoms with Crippen molar-refractivity contribution in [3.8, 4) is 0 Å². The van der Waals surface area contributed by atoms with Crippen molar-refractivity contribution in [2.75, 3.05) is 6.54 Å². The number of thiazole rings is 1. The van der Waals surface area contributed by atoms with Gasteiger partial charge in [0.05, 0.1) is 10.5 Å². The lowest BCUT2D eigenvalue weighted by Crippen LogP contribution is -2.23. The molecule has 3 rings (SSSR count). The van der Waals surface area contributed by atoms with Crippen LogP contribution in [0.25, 0.3) is 10.9 Å². The molecule has 0 aliphatic rings. The summed E-state index contributed by atoms with van der Waals surface area (Å²) >= 11 is 1.71. The van der Waals surface area contributed by atoms with Crippen LogP contribution in [-0.2, 0) is 6.42 Å². The van der Waals surface area contributed by atoms with Crippen LogP contribution >= 0.6 is 11.3 Å². The number of benzene rings is 1. The van der Waals surface area contributed by atoms with Crippen molar-refractivity contribution in [2.45, 2.75) is 19.4 Å². The molecule has 2 aromatic heterocycles. The molecule has 0 aliphatic heterocycles. The maximum Gasteiger partial charge on any atom is 0.0943 e. The third kappa shape index (κ3) is 2.71. The summed E-state index contributed by atoms with van der Waals surface area (Å²) < 4.78 is 0. The molecule has 1 aromatic carbocycles. The molecule has 0 bridgehead atoms. The first-order valence-corrected chi connectivity index (χ1v) is 7.72. The summed E-state index contributed by atoms with van der Waals surface area (Å²) in [6.07, 6.45) is 4.68. The maximum absolute atomic E-state index is 4.44. The van der Waals surface area contributed by atoms with Gasteiger partial charge in [-0.1, -0.05) is 25.1 Å². The van der Waals surface area contributed by atoms with Gasteiger partial charge in [0.1, 0.15) is 0 Å². The Hall–Kier alpha value is -1.78. The Labute approximate surface area is 122 Å².